The van der Waals surface area contributed by atoms with E-state index in [2.05, 4.69) is 0 Å². The van der Waals surface area contributed by atoms with Crippen LogP contribution in [0.25, 0.3) is 0 Å². The van der Waals surface area contributed by atoms with Gasteiger partial charge >= 0.3 is 0 Å². The molecular weight excluding hydrogens is 238 g/mol. The zero-order chi connectivity index (χ0) is 10.7. The summed E-state index contributed by atoms with van der Waals surface area (Å²) in [5.74, 6) is -0.418. The average Bonchev–Trinajstić information content (AvgIpc) is 2.08. The van der Waals surface area contributed by atoms with Gasteiger partial charge in [0.25, 0.3) is 0 Å². The molecule has 0 saturated heterocycles. The Bertz CT molecular complexity index is 318. The number of nitrogens with zero attached hydrogens (tertiary/aromatic N) is 1. The zero-order valence-electron chi connectivity index (χ0n) is 8.71. The fraction of sp³-hybridized carbons (Fsp3) is 0.400. The third-order valence-electron chi connectivity index (χ3n) is 1.93. The summed E-state index contributed by atoms with van der Waals surface area (Å²) in [6, 6.07) is 4.48. The van der Waals surface area contributed by atoms with E-state index < -0.39 is 5.82 Å². The van der Waals surface area contributed by atoms with Crippen LogP contribution in [0.5, 0.6) is 0 Å². The first-order valence-electron chi connectivity index (χ1n) is 4.36. The second-order valence-electron chi connectivity index (χ2n) is 3.54. The van der Waals surface area contributed by atoms with Crippen LogP contribution >= 0.6 is 24.0 Å². The molecule has 1 aromatic carbocycles. The standard InChI is InChI=1S/C10H14ClFN2.ClH/c1-14(2)6-10(13)7-3-4-8(11)9(12)5-7;/h3-5,10H,6,13H2,1-2H3;1H/t10-;/m1./s1. The molecule has 0 amide bonds. The lowest BCUT2D eigenvalue weighted by Crippen LogP contribution is -2.26. The number of halogens is 3. The Morgan fingerprint density at radius 1 is 1.47 bits per heavy atom. The van der Waals surface area contributed by atoms with Crippen molar-refractivity contribution in [2.75, 3.05) is 20.6 Å². The lowest BCUT2D eigenvalue weighted by Gasteiger charge is -2.17. The van der Waals surface area contributed by atoms with Crippen molar-refractivity contribution in [2.24, 2.45) is 5.73 Å². The minimum Gasteiger partial charge on any atom is -0.323 e. The predicted molar refractivity (Wildman–Crippen MR) is 64.1 cm³/mol. The van der Waals surface area contributed by atoms with Gasteiger partial charge in [-0.05, 0) is 31.8 Å². The molecule has 0 aliphatic heterocycles. The molecule has 5 heteroatoms. The van der Waals surface area contributed by atoms with Gasteiger partial charge in [0.2, 0.25) is 0 Å². The van der Waals surface area contributed by atoms with E-state index in [0.29, 0.717) is 6.54 Å². The first-order valence-corrected chi connectivity index (χ1v) is 4.73. The molecule has 0 spiro atoms. The minimum absolute atomic E-state index is 0. The molecule has 0 heterocycles. The van der Waals surface area contributed by atoms with Gasteiger partial charge in [-0.2, -0.15) is 0 Å². The average molecular weight is 253 g/mol. The van der Waals surface area contributed by atoms with Crippen LogP contribution in [0, 0.1) is 5.82 Å². The highest BCUT2D eigenvalue weighted by molar-refractivity contribution is 6.30. The van der Waals surface area contributed by atoms with Crippen molar-refractivity contribution in [1.82, 2.24) is 4.90 Å². The second kappa shape index (κ2) is 6.28. The minimum atomic E-state index is -0.418. The molecule has 2 nitrogen and oxygen atoms in total. The maximum atomic E-state index is 13.1. The zero-order valence-corrected chi connectivity index (χ0v) is 10.3. The fourth-order valence-corrected chi connectivity index (χ4v) is 1.36. The van der Waals surface area contributed by atoms with Crippen molar-refractivity contribution >= 4 is 24.0 Å². The van der Waals surface area contributed by atoms with E-state index >= 15 is 0 Å². The SMILES string of the molecule is CN(C)C[C@@H](N)c1ccc(Cl)c(F)c1.Cl. The summed E-state index contributed by atoms with van der Waals surface area (Å²) in [6.45, 7) is 0.682. The largest absolute Gasteiger partial charge is 0.323 e. The Hall–Kier alpha value is -0.350. The summed E-state index contributed by atoms with van der Waals surface area (Å²) in [5, 5.41) is 0.130. The number of likely N-dealkylation sites (N-methyl/N-ethyl adjacent to an activating group) is 1. The number of rotatable bonds is 3. The highest BCUT2D eigenvalue weighted by atomic mass is 35.5. The lowest BCUT2D eigenvalue weighted by atomic mass is 10.1. The third kappa shape index (κ3) is 4.34. The molecule has 15 heavy (non-hydrogen) atoms. The highest BCUT2D eigenvalue weighted by Gasteiger charge is 2.09. The van der Waals surface area contributed by atoms with E-state index in [9.17, 15) is 4.39 Å². The smallest absolute Gasteiger partial charge is 0.142 e. The Morgan fingerprint density at radius 2 is 2.07 bits per heavy atom. The molecule has 86 valence electrons. The maximum absolute atomic E-state index is 13.1. The van der Waals surface area contributed by atoms with Gasteiger partial charge in [-0.1, -0.05) is 17.7 Å². The Labute approximate surface area is 101 Å². The topological polar surface area (TPSA) is 29.3 Å². The van der Waals surface area contributed by atoms with Crippen molar-refractivity contribution in [2.45, 2.75) is 6.04 Å². The quantitative estimate of drug-likeness (QED) is 0.896. The van der Waals surface area contributed by atoms with Crippen LogP contribution in [-0.2, 0) is 0 Å². The Balaban J connectivity index is 0.00000196. The van der Waals surface area contributed by atoms with Gasteiger partial charge in [-0.25, -0.2) is 4.39 Å². The van der Waals surface area contributed by atoms with Gasteiger partial charge in [0, 0.05) is 12.6 Å². The van der Waals surface area contributed by atoms with Crippen molar-refractivity contribution in [1.29, 1.82) is 0 Å². The van der Waals surface area contributed by atoms with E-state index in [1.807, 2.05) is 19.0 Å². The molecule has 0 saturated carbocycles. The monoisotopic (exact) mass is 252 g/mol. The van der Waals surface area contributed by atoms with Gasteiger partial charge < -0.3 is 10.6 Å². The van der Waals surface area contributed by atoms with E-state index in [1.54, 1.807) is 6.07 Å². The van der Waals surface area contributed by atoms with Crippen LogP contribution in [0.4, 0.5) is 4.39 Å². The number of hydrogen-bond acceptors (Lipinski definition) is 2. The molecule has 0 bridgehead atoms. The number of nitrogens with two attached hydrogens (primary N) is 1. The maximum Gasteiger partial charge on any atom is 0.142 e. The van der Waals surface area contributed by atoms with Gasteiger partial charge in [-0.15, -0.1) is 12.4 Å². The van der Waals surface area contributed by atoms with E-state index in [4.69, 9.17) is 17.3 Å². The second-order valence-corrected chi connectivity index (χ2v) is 3.95. The Kier molecular flexibility index (Phi) is 6.13. The van der Waals surface area contributed by atoms with Crippen LogP contribution < -0.4 is 5.73 Å². The van der Waals surface area contributed by atoms with Gasteiger partial charge in [0.15, 0.2) is 0 Å². The first kappa shape index (κ1) is 14.6. The molecule has 0 aromatic heterocycles. The molecule has 0 radical (unpaired) electrons. The summed E-state index contributed by atoms with van der Waals surface area (Å²) in [6.07, 6.45) is 0. The molecule has 0 aliphatic carbocycles. The lowest BCUT2D eigenvalue weighted by molar-refractivity contribution is 0.376. The Morgan fingerprint density at radius 3 is 2.53 bits per heavy atom. The van der Waals surface area contributed by atoms with Crippen LogP contribution in [0.2, 0.25) is 5.02 Å². The van der Waals surface area contributed by atoms with Gasteiger partial charge in [-0.3, -0.25) is 0 Å². The summed E-state index contributed by atoms with van der Waals surface area (Å²) in [4.78, 5) is 1.96. The van der Waals surface area contributed by atoms with E-state index in [-0.39, 0.29) is 23.5 Å². The van der Waals surface area contributed by atoms with Gasteiger partial charge in [0.05, 0.1) is 5.02 Å². The fourth-order valence-electron chi connectivity index (χ4n) is 1.24. The van der Waals surface area contributed by atoms with E-state index in [1.165, 1.54) is 12.1 Å². The summed E-state index contributed by atoms with van der Waals surface area (Å²) < 4.78 is 13.1. The van der Waals surface area contributed by atoms with Crippen molar-refractivity contribution < 1.29 is 4.39 Å². The van der Waals surface area contributed by atoms with Gasteiger partial charge in [0.1, 0.15) is 5.82 Å². The summed E-state index contributed by atoms with van der Waals surface area (Å²) >= 11 is 5.56. The molecule has 0 aliphatic rings. The number of hydrogen-bond donors (Lipinski definition) is 1. The van der Waals surface area contributed by atoms with Crippen LogP contribution in [0.3, 0.4) is 0 Å². The molecule has 1 aromatic rings. The molecule has 0 unspecified atom stereocenters. The normalized spacial score (nSPS) is 12.4. The molecular formula is C10H15Cl2FN2. The summed E-state index contributed by atoms with van der Waals surface area (Å²) in [7, 11) is 3.85. The van der Waals surface area contributed by atoms with Crippen molar-refractivity contribution in [3.63, 3.8) is 0 Å². The van der Waals surface area contributed by atoms with E-state index in [0.717, 1.165) is 5.56 Å². The molecule has 0 fully saturated rings. The molecule has 1 atom stereocenters. The first-order chi connectivity index (χ1) is 6.50. The van der Waals surface area contributed by atoms with Crippen LogP contribution in [0.1, 0.15) is 11.6 Å². The summed E-state index contributed by atoms with van der Waals surface area (Å²) in [5.41, 5.74) is 6.63. The molecule has 2 N–H and O–H groups in total. The van der Waals surface area contributed by atoms with Crippen molar-refractivity contribution in [3.05, 3.63) is 34.6 Å². The predicted octanol–water partition coefficient (Wildman–Crippen LogP) is 2.46. The third-order valence-corrected chi connectivity index (χ3v) is 2.24. The van der Waals surface area contributed by atoms with Crippen LogP contribution in [0.15, 0.2) is 18.2 Å². The number of benzene rings is 1. The van der Waals surface area contributed by atoms with Crippen molar-refractivity contribution in [3.8, 4) is 0 Å². The molecule has 1 rings (SSSR count). The van der Waals surface area contributed by atoms with Crippen LogP contribution in [-0.4, -0.2) is 25.5 Å². The highest BCUT2D eigenvalue weighted by Crippen LogP contribution is 2.19.